The van der Waals surface area contributed by atoms with Gasteiger partial charge in [-0.1, -0.05) is 0 Å². The molecular weight excluding hydrogens is 247 g/mol. The molecule has 0 spiro atoms. The van der Waals surface area contributed by atoms with Gasteiger partial charge in [-0.05, 0) is 35.9 Å². The number of carbonyl (C=O) groups excluding carboxylic acids is 1. The molecule has 0 radical (unpaired) electrons. The number of ether oxygens (including phenoxy) is 1. The van der Waals surface area contributed by atoms with Gasteiger partial charge in [0.15, 0.2) is 0 Å². The van der Waals surface area contributed by atoms with Crippen LogP contribution in [0.4, 0.5) is 10.1 Å². The van der Waals surface area contributed by atoms with Crippen molar-refractivity contribution in [3.05, 3.63) is 59.7 Å². The molecule has 0 saturated carbocycles. The number of carbonyl (C=O) groups is 1. The summed E-state index contributed by atoms with van der Waals surface area (Å²) in [5.74, 6) is -0.909. The molecule has 19 heavy (non-hydrogen) atoms. The van der Waals surface area contributed by atoms with Gasteiger partial charge >= 0.3 is 5.97 Å². The van der Waals surface area contributed by atoms with Gasteiger partial charge in [0, 0.05) is 18.9 Å². The number of hydrogen-bond donors (Lipinski definition) is 1. The van der Waals surface area contributed by atoms with E-state index in [1.54, 1.807) is 12.4 Å². The van der Waals surface area contributed by atoms with E-state index < -0.39 is 11.8 Å². The van der Waals surface area contributed by atoms with Gasteiger partial charge in [0.1, 0.15) is 5.82 Å². The molecule has 1 heterocycles. The van der Waals surface area contributed by atoms with Crippen molar-refractivity contribution in [1.29, 1.82) is 0 Å². The van der Waals surface area contributed by atoms with Gasteiger partial charge in [-0.25, -0.2) is 9.18 Å². The molecule has 0 saturated heterocycles. The summed E-state index contributed by atoms with van der Waals surface area (Å²) in [6.07, 6.45) is 3.33. The lowest BCUT2D eigenvalue weighted by Gasteiger charge is -2.09. The van der Waals surface area contributed by atoms with Crippen molar-refractivity contribution in [3.63, 3.8) is 0 Å². The monoisotopic (exact) mass is 260 g/mol. The highest BCUT2D eigenvalue weighted by Gasteiger charge is 2.09. The smallest absolute Gasteiger partial charge is 0.337 e. The molecule has 0 aliphatic rings. The minimum atomic E-state index is -0.494. The van der Waals surface area contributed by atoms with E-state index in [0.717, 1.165) is 5.56 Å². The molecule has 98 valence electrons. The molecule has 0 fully saturated rings. The lowest BCUT2D eigenvalue weighted by atomic mass is 10.2. The molecule has 0 unspecified atom stereocenters. The summed E-state index contributed by atoms with van der Waals surface area (Å²) in [6, 6.07) is 7.71. The Hall–Kier alpha value is -2.43. The normalized spacial score (nSPS) is 10.0. The van der Waals surface area contributed by atoms with Crippen molar-refractivity contribution < 1.29 is 13.9 Å². The Kier molecular flexibility index (Phi) is 4.07. The summed E-state index contributed by atoms with van der Waals surface area (Å²) in [7, 11) is 1.29. The van der Waals surface area contributed by atoms with Crippen molar-refractivity contribution in [2.75, 3.05) is 12.4 Å². The number of aromatic nitrogens is 1. The highest BCUT2D eigenvalue weighted by Crippen LogP contribution is 2.17. The molecule has 4 nitrogen and oxygen atoms in total. The summed E-state index contributed by atoms with van der Waals surface area (Å²) in [5, 5.41) is 2.94. The van der Waals surface area contributed by atoms with Gasteiger partial charge in [0.25, 0.3) is 0 Å². The summed E-state index contributed by atoms with van der Waals surface area (Å²) < 4.78 is 18.2. The van der Waals surface area contributed by atoms with Crippen molar-refractivity contribution in [3.8, 4) is 0 Å². The molecule has 2 aromatic rings. The number of hydrogen-bond acceptors (Lipinski definition) is 4. The van der Waals surface area contributed by atoms with E-state index >= 15 is 0 Å². The van der Waals surface area contributed by atoms with Crippen LogP contribution in [0.5, 0.6) is 0 Å². The Labute approximate surface area is 110 Å². The highest BCUT2D eigenvalue weighted by molar-refractivity contribution is 5.90. The van der Waals surface area contributed by atoms with Gasteiger partial charge < -0.3 is 10.1 Å². The minimum absolute atomic E-state index is 0.264. The quantitative estimate of drug-likeness (QED) is 0.858. The predicted molar refractivity (Wildman–Crippen MR) is 69.3 cm³/mol. The first-order valence-corrected chi connectivity index (χ1v) is 5.71. The third-order valence-corrected chi connectivity index (χ3v) is 2.62. The van der Waals surface area contributed by atoms with Crippen LogP contribution >= 0.6 is 0 Å². The van der Waals surface area contributed by atoms with Crippen LogP contribution < -0.4 is 5.32 Å². The maximum atomic E-state index is 13.6. The first kappa shape index (κ1) is 13.0. The second-order valence-corrected chi connectivity index (χ2v) is 3.90. The van der Waals surface area contributed by atoms with Crippen LogP contribution in [0, 0.1) is 5.82 Å². The Morgan fingerprint density at radius 3 is 2.74 bits per heavy atom. The Morgan fingerprint density at radius 1 is 1.32 bits per heavy atom. The lowest BCUT2D eigenvalue weighted by molar-refractivity contribution is 0.0600. The minimum Gasteiger partial charge on any atom is -0.465 e. The number of nitrogens with zero attached hydrogens (tertiary/aromatic N) is 1. The lowest BCUT2D eigenvalue weighted by Crippen LogP contribution is -2.05. The molecule has 0 atom stereocenters. The number of halogens is 1. The topological polar surface area (TPSA) is 51.2 Å². The van der Waals surface area contributed by atoms with Crippen LogP contribution in [0.1, 0.15) is 15.9 Å². The van der Waals surface area contributed by atoms with Crippen molar-refractivity contribution in [1.82, 2.24) is 4.98 Å². The van der Waals surface area contributed by atoms with E-state index in [-0.39, 0.29) is 5.69 Å². The van der Waals surface area contributed by atoms with Crippen molar-refractivity contribution in [2.45, 2.75) is 6.54 Å². The fraction of sp³-hybridized carbons (Fsp3) is 0.143. The summed E-state index contributed by atoms with van der Waals surface area (Å²) in [5.41, 5.74) is 1.54. The number of pyridine rings is 1. The molecule has 1 aromatic carbocycles. The Morgan fingerprint density at radius 2 is 2.05 bits per heavy atom. The van der Waals surface area contributed by atoms with Crippen LogP contribution in [0.3, 0.4) is 0 Å². The molecule has 5 heteroatoms. The summed E-state index contributed by atoms with van der Waals surface area (Å²) in [4.78, 5) is 15.3. The van der Waals surface area contributed by atoms with Gasteiger partial charge in [-0.2, -0.15) is 0 Å². The first-order valence-electron chi connectivity index (χ1n) is 5.71. The van der Waals surface area contributed by atoms with E-state index in [1.165, 1.54) is 25.3 Å². The largest absolute Gasteiger partial charge is 0.465 e. The molecule has 0 bridgehead atoms. The van der Waals surface area contributed by atoms with E-state index in [1.807, 2.05) is 12.1 Å². The van der Waals surface area contributed by atoms with Gasteiger partial charge in [0.05, 0.1) is 18.4 Å². The average Bonchev–Trinajstić information content (AvgIpc) is 2.46. The number of rotatable bonds is 4. The molecular formula is C14H13FN2O2. The van der Waals surface area contributed by atoms with E-state index in [2.05, 4.69) is 15.0 Å². The van der Waals surface area contributed by atoms with Crippen molar-refractivity contribution in [2.24, 2.45) is 0 Å². The van der Waals surface area contributed by atoms with Crippen LogP contribution in [-0.4, -0.2) is 18.1 Å². The average molecular weight is 260 g/mol. The van der Waals surface area contributed by atoms with Gasteiger partial charge in [-0.3, -0.25) is 4.98 Å². The molecule has 1 N–H and O–H groups in total. The Bertz CT molecular complexity index is 573. The number of benzene rings is 1. The number of nitrogens with one attached hydrogen (secondary N) is 1. The van der Waals surface area contributed by atoms with Crippen molar-refractivity contribution >= 4 is 11.7 Å². The number of esters is 1. The zero-order valence-electron chi connectivity index (χ0n) is 10.4. The fourth-order valence-corrected chi connectivity index (χ4v) is 1.60. The van der Waals surface area contributed by atoms with Crippen LogP contribution in [0.2, 0.25) is 0 Å². The van der Waals surface area contributed by atoms with E-state index in [0.29, 0.717) is 12.1 Å². The third kappa shape index (κ3) is 3.28. The predicted octanol–water partition coefficient (Wildman–Crippen LogP) is 2.62. The van der Waals surface area contributed by atoms with E-state index in [4.69, 9.17) is 0 Å². The zero-order chi connectivity index (χ0) is 13.7. The number of methoxy groups -OCH3 is 1. The molecule has 2 rings (SSSR count). The molecule has 1 aromatic heterocycles. The van der Waals surface area contributed by atoms with Gasteiger partial charge in [0.2, 0.25) is 0 Å². The summed E-state index contributed by atoms with van der Waals surface area (Å²) in [6.45, 7) is 0.448. The van der Waals surface area contributed by atoms with Crippen LogP contribution in [-0.2, 0) is 11.3 Å². The van der Waals surface area contributed by atoms with Gasteiger partial charge in [-0.15, -0.1) is 0 Å². The van der Waals surface area contributed by atoms with E-state index in [9.17, 15) is 9.18 Å². The molecule has 0 aliphatic carbocycles. The SMILES string of the molecule is COC(=O)c1ccc(F)c(NCc2ccncc2)c1. The molecule has 0 aliphatic heterocycles. The van der Waals surface area contributed by atoms with Crippen LogP contribution in [0.25, 0.3) is 0 Å². The maximum absolute atomic E-state index is 13.6. The fourth-order valence-electron chi connectivity index (χ4n) is 1.60. The van der Waals surface area contributed by atoms with Crippen LogP contribution in [0.15, 0.2) is 42.7 Å². The third-order valence-electron chi connectivity index (χ3n) is 2.62. The second-order valence-electron chi connectivity index (χ2n) is 3.90. The highest BCUT2D eigenvalue weighted by atomic mass is 19.1. The Balaban J connectivity index is 2.13. The maximum Gasteiger partial charge on any atom is 0.337 e. The zero-order valence-corrected chi connectivity index (χ0v) is 10.4. The standard InChI is InChI=1S/C14H13FN2O2/c1-19-14(18)11-2-3-12(15)13(8-11)17-9-10-4-6-16-7-5-10/h2-8,17H,9H2,1H3. The number of anilines is 1. The first-order chi connectivity index (χ1) is 9.20. The summed E-state index contributed by atoms with van der Waals surface area (Å²) >= 11 is 0. The molecule has 0 amide bonds. The second kappa shape index (κ2) is 5.95.